The number of hydrogen-bond donors (Lipinski definition) is 1. The highest BCUT2D eigenvalue weighted by atomic mass is 35.5. The second kappa shape index (κ2) is 8.42. The second-order valence-electron chi connectivity index (χ2n) is 6.94. The summed E-state index contributed by atoms with van der Waals surface area (Å²) in [5.41, 5.74) is 3.22. The van der Waals surface area contributed by atoms with Crippen LogP contribution in [0, 0.1) is 0 Å². The van der Waals surface area contributed by atoms with Gasteiger partial charge in [-0.25, -0.2) is 0 Å². The molecule has 0 aliphatic heterocycles. The van der Waals surface area contributed by atoms with Crippen LogP contribution in [0.15, 0.2) is 71.4 Å². The van der Waals surface area contributed by atoms with Crippen LogP contribution in [0.5, 0.6) is 0 Å². The van der Waals surface area contributed by atoms with Gasteiger partial charge in [-0.15, -0.1) is 0 Å². The van der Waals surface area contributed by atoms with Crippen molar-refractivity contribution < 1.29 is 9.32 Å². The molecule has 0 atom stereocenters. The zero-order valence-electron chi connectivity index (χ0n) is 16.5. The van der Waals surface area contributed by atoms with E-state index < -0.39 is 0 Å². The molecule has 7 nitrogen and oxygen atoms in total. The first-order valence-electron chi connectivity index (χ1n) is 9.32. The average Bonchev–Trinajstić information content (AvgIpc) is 3.37. The van der Waals surface area contributed by atoms with Crippen LogP contribution in [0.3, 0.4) is 0 Å². The minimum Gasteiger partial charge on any atom is -0.378 e. The number of anilines is 2. The molecule has 2 heterocycles. The van der Waals surface area contributed by atoms with Gasteiger partial charge < -0.3 is 19.3 Å². The molecular formula is C22H20ClN5O2. The van der Waals surface area contributed by atoms with Crippen LogP contribution in [0.4, 0.5) is 11.4 Å². The molecule has 8 heteroatoms. The summed E-state index contributed by atoms with van der Waals surface area (Å²) in [6, 6.07) is 18.5. The van der Waals surface area contributed by atoms with E-state index in [0.29, 0.717) is 22.4 Å². The summed E-state index contributed by atoms with van der Waals surface area (Å²) >= 11 is 6.04. The van der Waals surface area contributed by atoms with Crippen LogP contribution in [0.1, 0.15) is 0 Å². The van der Waals surface area contributed by atoms with Crippen molar-refractivity contribution in [2.45, 2.75) is 6.54 Å². The lowest BCUT2D eigenvalue weighted by atomic mass is 10.2. The van der Waals surface area contributed by atoms with Crippen molar-refractivity contribution in [3.8, 4) is 23.0 Å². The Morgan fingerprint density at radius 2 is 1.93 bits per heavy atom. The van der Waals surface area contributed by atoms with Crippen molar-refractivity contribution in [3.63, 3.8) is 0 Å². The van der Waals surface area contributed by atoms with Crippen molar-refractivity contribution >= 4 is 28.9 Å². The first-order valence-corrected chi connectivity index (χ1v) is 9.70. The third kappa shape index (κ3) is 4.36. The summed E-state index contributed by atoms with van der Waals surface area (Å²) in [6.07, 6.45) is 1.80. The average molecular weight is 422 g/mol. The largest absolute Gasteiger partial charge is 0.378 e. The van der Waals surface area contributed by atoms with Crippen molar-refractivity contribution in [2.24, 2.45) is 0 Å². The first-order chi connectivity index (χ1) is 14.5. The molecule has 0 aliphatic rings. The summed E-state index contributed by atoms with van der Waals surface area (Å²) in [4.78, 5) is 19.0. The quantitative estimate of drug-likeness (QED) is 0.493. The number of hydrogen-bond acceptors (Lipinski definition) is 5. The minimum atomic E-state index is -0.153. The van der Waals surface area contributed by atoms with Crippen molar-refractivity contribution in [3.05, 3.63) is 71.9 Å². The summed E-state index contributed by atoms with van der Waals surface area (Å²) in [6.45, 7) is 0.118. The van der Waals surface area contributed by atoms with E-state index in [4.69, 9.17) is 16.1 Å². The van der Waals surface area contributed by atoms with Crippen molar-refractivity contribution in [1.82, 2.24) is 14.7 Å². The Morgan fingerprint density at radius 3 is 2.67 bits per heavy atom. The summed E-state index contributed by atoms with van der Waals surface area (Å²) in [5.74, 6) is 0.614. The molecule has 4 rings (SSSR count). The lowest BCUT2D eigenvalue weighted by molar-refractivity contribution is -0.116. The van der Waals surface area contributed by atoms with Gasteiger partial charge in [-0.2, -0.15) is 4.98 Å². The Bertz CT molecular complexity index is 1160. The van der Waals surface area contributed by atoms with Crippen LogP contribution in [0.2, 0.25) is 5.02 Å². The molecule has 2 aromatic heterocycles. The highest BCUT2D eigenvalue weighted by molar-refractivity contribution is 6.30. The highest BCUT2D eigenvalue weighted by Gasteiger charge is 2.16. The number of carbonyl (C=O) groups excluding carboxylic acids is 1. The zero-order valence-corrected chi connectivity index (χ0v) is 17.3. The zero-order chi connectivity index (χ0) is 21.1. The van der Waals surface area contributed by atoms with Crippen molar-refractivity contribution in [1.29, 1.82) is 0 Å². The third-order valence-corrected chi connectivity index (χ3v) is 4.77. The maximum atomic E-state index is 12.5. The predicted molar refractivity (Wildman–Crippen MR) is 118 cm³/mol. The number of rotatable bonds is 6. The molecule has 0 saturated heterocycles. The van der Waals surface area contributed by atoms with Crippen LogP contribution in [0.25, 0.3) is 23.0 Å². The maximum Gasteiger partial charge on any atom is 0.274 e. The van der Waals surface area contributed by atoms with Gasteiger partial charge in [0.25, 0.3) is 5.89 Å². The Kier molecular flexibility index (Phi) is 5.54. The SMILES string of the molecule is CN(C)c1ccc(NC(=O)Cn2cccc2-c2nc(-c3cccc(Cl)c3)no2)cc1. The van der Waals surface area contributed by atoms with E-state index in [1.54, 1.807) is 22.9 Å². The lowest BCUT2D eigenvalue weighted by Gasteiger charge is -2.13. The molecule has 4 aromatic rings. The monoisotopic (exact) mass is 421 g/mol. The Hall–Kier alpha value is -3.58. The molecule has 0 fully saturated rings. The van der Waals surface area contributed by atoms with E-state index in [9.17, 15) is 4.79 Å². The number of nitrogens with one attached hydrogen (secondary N) is 1. The summed E-state index contributed by atoms with van der Waals surface area (Å²) in [7, 11) is 3.94. The summed E-state index contributed by atoms with van der Waals surface area (Å²) < 4.78 is 7.18. The lowest BCUT2D eigenvalue weighted by Crippen LogP contribution is -2.19. The maximum absolute atomic E-state index is 12.5. The Labute approximate surface area is 178 Å². The van der Waals surface area contributed by atoms with Gasteiger partial charge in [0.05, 0.1) is 0 Å². The van der Waals surface area contributed by atoms with Gasteiger partial charge in [-0.1, -0.05) is 28.9 Å². The molecular weight excluding hydrogens is 402 g/mol. The first kappa shape index (κ1) is 19.7. The van der Waals surface area contributed by atoms with Gasteiger partial charge >= 0.3 is 0 Å². The molecule has 0 spiro atoms. The van der Waals surface area contributed by atoms with E-state index in [-0.39, 0.29) is 12.5 Å². The van der Waals surface area contributed by atoms with E-state index in [0.717, 1.165) is 16.9 Å². The molecule has 30 heavy (non-hydrogen) atoms. The molecule has 152 valence electrons. The molecule has 1 amide bonds. The van der Waals surface area contributed by atoms with Crippen LogP contribution >= 0.6 is 11.6 Å². The van der Waals surface area contributed by atoms with E-state index in [2.05, 4.69) is 15.5 Å². The number of nitrogens with zero attached hydrogens (tertiary/aromatic N) is 4. The van der Waals surface area contributed by atoms with Gasteiger partial charge in [-0.05, 0) is 48.5 Å². The number of amides is 1. The Balaban J connectivity index is 1.48. The van der Waals surface area contributed by atoms with Gasteiger partial charge in [0.2, 0.25) is 11.7 Å². The van der Waals surface area contributed by atoms with E-state index >= 15 is 0 Å². The molecule has 0 unspecified atom stereocenters. The topological polar surface area (TPSA) is 76.2 Å². The van der Waals surface area contributed by atoms with Crippen LogP contribution in [-0.4, -0.2) is 34.7 Å². The molecule has 0 aliphatic carbocycles. The Morgan fingerprint density at radius 1 is 1.13 bits per heavy atom. The van der Waals surface area contributed by atoms with Gasteiger partial charge in [0.1, 0.15) is 12.2 Å². The second-order valence-corrected chi connectivity index (χ2v) is 7.38. The smallest absolute Gasteiger partial charge is 0.274 e. The van der Waals surface area contributed by atoms with Crippen LogP contribution in [-0.2, 0) is 11.3 Å². The number of carbonyl (C=O) groups is 1. The fourth-order valence-electron chi connectivity index (χ4n) is 3.02. The van der Waals surface area contributed by atoms with Gasteiger partial charge in [0.15, 0.2) is 0 Å². The normalized spacial score (nSPS) is 10.8. The van der Waals surface area contributed by atoms with E-state index in [1.165, 1.54) is 0 Å². The van der Waals surface area contributed by atoms with Gasteiger partial charge in [0, 0.05) is 42.3 Å². The standard InChI is InChI=1S/C22H20ClN5O2/c1-27(2)18-10-8-17(9-11-18)24-20(29)14-28-12-4-7-19(28)22-25-21(26-30-22)15-5-3-6-16(23)13-15/h3-13H,14H2,1-2H3,(H,24,29). The van der Waals surface area contributed by atoms with Crippen molar-refractivity contribution in [2.75, 3.05) is 24.3 Å². The number of aromatic nitrogens is 3. The molecule has 0 radical (unpaired) electrons. The predicted octanol–water partition coefficient (Wildman–Crippen LogP) is 4.56. The fourth-order valence-corrected chi connectivity index (χ4v) is 3.21. The number of benzene rings is 2. The third-order valence-electron chi connectivity index (χ3n) is 4.54. The number of halogens is 1. The molecule has 0 bridgehead atoms. The fraction of sp³-hybridized carbons (Fsp3) is 0.136. The van der Waals surface area contributed by atoms with Gasteiger partial charge in [-0.3, -0.25) is 4.79 Å². The molecule has 1 N–H and O–H groups in total. The minimum absolute atomic E-state index is 0.118. The van der Waals surface area contributed by atoms with E-state index in [1.807, 2.05) is 67.5 Å². The molecule has 0 saturated carbocycles. The summed E-state index contributed by atoms with van der Waals surface area (Å²) in [5, 5.41) is 7.53. The highest BCUT2D eigenvalue weighted by Crippen LogP contribution is 2.24. The molecule has 2 aromatic carbocycles. The van der Waals surface area contributed by atoms with Crippen LogP contribution < -0.4 is 10.2 Å².